The molecule has 0 bridgehead atoms. The first-order valence-electron chi connectivity index (χ1n) is 14.1. The molecule has 2 aliphatic rings. The highest BCUT2D eigenvalue weighted by atomic mass is 19.4. The van der Waals surface area contributed by atoms with Crippen LogP contribution in [-0.4, -0.2) is 35.7 Å². The average molecular weight is 609 g/mol. The van der Waals surface area contributed by atoms with Crippen LogP contribution in [0.25, 0.3) is 5.69 Å². The molecule has 7 rings (SSSR count). The summed E-state index contributed by atoms with van der Waals surface area (Å²) < 4.78 is 53.9. The fourth-order valence-electron chi connectivity index (χ4n) is 5.80. The van der Waals surface area contributed by atoms with Gasteiger partial charge in [0.2, 0.25) is 0 Å². The summed E-state index contributed by atoms with van der Waals surface area (Å²) in [5.74, 6) is 2.44. The van der Waals surface area contributed by atoms with Crippen molar-refractivity contribution in [3.8, 4) is 17.2 Å². The van der Waals surface area contributed by atoms with Crippen LogP contribution in [0.4, 0.5) is 36.1 Å². The topological polar surface area (TPSA) is 76.3 Å². The van der Waals surface area contributed by atoms with Crippen LogP contribution in [0.2, 0.25) is 0 Å². The molecule has 1 aromatic heterocycles. The van der Waals surface area contributed by atoms with Gasteiger partial charge in [0.15, 0.2) is 29.0 Å². The molecule has 8 nitrogen and oxygen atoms in total. The Kier molecular flexibility index (Phi) is 6.80. The van der Waals surface area contributed by atoms with Crippen molar-refractivity contribution in [3.63, 3.8) is 0 Å². The van der Waals surface area contributed by atoms with E-state index in [1.807, 2.05) is 84.6 Å². The molecule has 0 aliphatic carbocycles. The average Bonchev–Trinajstić information content (AvgIpc) is 3.39. The molecule has 1 atom stereocenters. The molecular formula is C34H27F3N6O2. The highest BCUT2D eigenvalue weighted by Gasteiger charge is 2.42. The van der Waals surface area contributed by atoms with Gasteiger partial charge in [-0.3, -0.25) is 0 Å². The summed E-state index contributed by atoms with van der Waals surface area (Å²) in [4.78, 5) is 12.0. The molecule has 226 valence electrons. The van der Waals surface area contributed by atoms with Crippen LogP contribution in [-0.2, 0) is 6.18 Å². The van der Waals surface area contributed by atoms with E-state index in [0.29, 0.717) is 34.7 Å². The molecule has 0 radical (unpaired) electrons. The van der Waals surface area contributed by atoms with Gasteiger partial charge in [-0.1, -0.05) is 42.5 Å². The third-order valence-corrected chi connectivity index (χ3v) is 7.82. The Morgan fingerprint density at radius 1 is 0.800 bits per heavy atom. The molecule has 2 aliphatic heterocycles. The first-order chi connectivity index (χ1) is 21.8. The third kappa shape index (κ3) is 4.86. The monoisotopic (exact) mass is 608 g/mol. The van der Waals surface area contributed by atoms with Crippen molar-refractivity contribution in [2.24, 2.45) is 9.98 Å². The molecule has 0 unspecified atom stereocenters. The van der Waals surface area contributed by atoms with Crippen LogP contribution in [0.1, 0.15) is 28.4 Å². The lowest BCUT2D eigenvalue weighted by atomic mass is 9.93. The fraction of sp³-hybridized carbons (Fsp3) is 0.147. The molecule has 3 heterocycles. The minimum absolute atomic E-state index is 0.229. The van der Waals surface area contributed by atoms with Crippen LogP contribution in [0.3, 0.4) is 0 Å². The van der Waals surface area contributed by atoms with Gasteiger partial charge in [-0.25, -0.2) is 14.7 Å². The van der Waals surface area contributed by atoms with E-state index in [1.54, 1.807) is 25.0 Å². The fourth-order valence-corrected chi connectivity index (χ4v) is 5.80. The lowest BCUT2D eigenvalue weighted by molar-refractivity contribution is -0.137. The van der Waals surface area contributed by atoms with Gasteiger partial charge in [0.25, 0.3) is 0 Å². The molecule has 0 saturated carbocycles. The standard InChI is InChI=1S/C34H27F3N6O2/c1-20-29-30(21-16-17-27(44-2)28(18-21)45-3)42-26-15-8-7-14-25(26)39-31(38-23-11-9-10-22(19-23)34(35,36)37)33(42)40-32(29)43(41-20)24-12-5-4-6-13-24/h4-19,30H,1-3H3,(H,38,39)/t30-/m0/s1. The number of benzene rings is 4. The Morgan fingerprint density at radius 2 is 1.56 bits per heavy atom. The Labute approximate surface area is 257 Å². The summed E-state index contributed by atoms with van der Waals surface area (Å²) in [5, 5.41) is 8.06. The lowest BCUT2D eigenvalue weighted by Gasteiger charge is -2.40. The molecule has 11 heteroatoms. The van der Waals surface area contributed by atoms with Gasteiger partial charge in [0.05, 0.1) is 48.6 Å². The van der Waals surface area contributed by atoms with Crippen molar-refractivity contribution in [2.75, 3.05) is 24.4 Å². The summed E-state index contributed by atoms with van der Waals surface area (Å²) in [5.41, 5.74) is 4.19. The largest absolute Gasteiger partial charge is 0.493 e. The predicted octanol–water partition coefficient (Wildman–Crippen LogP) is 8.01. The number of amidine groups is 2. The molecule has 1 N–H and O–H groups in total. The number of nitrogens with one attached hydrogen (secondary N) is 1. The van der Waals surface area contributed by atoms with Crippen molar-refractivity contribution >= 4 is 34.6 Å². The predicted molar refractivity (Wildman–Crippen MR) is 168 cm³/mol. The minimum Gasteiger partial charge on any atom is -0.493 e. The molecule has 0 amide bonds. The molecule has 45 heavy (non-hydrogen) atoms. The van der Waals surface area contributed by atoms with E-state index in [1.165, 1.54) is 6.07 Å². The van der Waals surface area contributed by atoms with Crippen LogP contribution < -0.4 is 19.7 Å². The molecule has 0 saturated heterocycles. The van der Waals surface area contributed by atoms with Crippen LogP contribution in [0, 0.1) is 6.92 Å². The molecule has 4 aromatic carbocycles. The molecule has 0 spiro atoms. The smallest absolute Gasteiger partial charge is 0.416 e. The van der Waals surface area contributed by atoms with Crippen LogP contribution in [0.5, 0.6) is 11.5 Å². The number of methoxy groups -OCH3 is 2. The van der Waals surface area contributed by atoms with Crippen molar-refractivity contribution in [2.45, 2.75) is 19.1 Å². The zero-order valence-electron chi connectivity index (χ0n) is 24.5. The van der Waals surface area contributed by atoms with Crippen molar-refractivity contribution in [1.82, 2.24) is 9.78 Å². The van der Waals surface area contributed by atoms with E-state index in [4.69, 9.17) is 24.6 Å². The Balaban J connectivity index is 1.48. The summed E-state index contributed by atoms with van der Waals surface area (Å²) in [6.07, 6.45) is -4.50. The quantitative estimate of drug-likeness (QED) is 0.219. The lowest BCUT2D eigenvalue weighted by Crippen LogP contribution is -2.46. The second-order valence-corrected chi connectivity index (χ2v) is 10.5. The number of hydrogen-bond donors (Lipinski definition) is 1. The van der Waals surface area contributed by atoms with Crippen molar-refractivity contribution in [3.05, 3.63) is 119 Å². The summed E-state index contributed by atoms with van der Waals surface area (Å²) in [6.45, 7) is 1.94. The van der Waals surface area contributed by atoms with Gasteiger partial charge in [0.1, 0.15) is 0 Å². The summed E-state index contributed by atoms with van der Waals surface area (Å²) in [7, 11) is 3.16. The number of alkyl halides is 3. The van der Waals surface area contributed by atoms with E-state index in [2.05, 4.69) is 5.32 Å². The second kappa shape index (κ2) is 10.8. The zero-order chi connectivity index (χ0) is 31.3. The Morgan fingerprint density at radius 3 is 2.31 bits per heavy atom. The van der Waals surface area contributed by atoms with Gasteiger partial charge in [-0.2, -0.15) is 18.3 Å². The number of hydrogen-bond acceptors (Lipinski definition) is 7. The maximum Gasteiger partial charge on any atom is 0.416 e. The highest BCUT2D eigenvalue weighted by Crippen LogP contribution is 2.49. The van der Waals surface area contributed by atoms with E-state index >= 15 is 0 Å². The highest BCUT2D eigenvalue weighted by molar-refractivity contribution is 6.51. The first-order valence-corrected chi connectivity index (χ1v) is 14.1. The van der Waals surface area contributed by atoms with Crippen molar-refractivity contribution in [1.29, 1.82) is 0 Å². The number of halogens is 3. The number of rotatable bonds is 5. The van der Waals surface area contributed by atoms with E-state index < -0.39 is 17.8 Å². The zero-order valence-corrected chi connectivity index (χ0v) is 24.5. The number of aliphatic imine (C=N–C) groups is 2. The number of nitrogens with zero attached hydrogens (tertiary/aromatic N) is 5. The van der Waals surface area contributed by atoms with Crippen LogP contribution in [0.15, 0.2) is 107 Å². The van der Waals surface area contributed by atoms with Gasteiger partial charge in [0, 0.05) is 11.3 Å². The molecule has 5 aromatic rings. The van der Waals surface area contributed by atoms with E-state index in [0.717, 1.165) is 40.3 Å². The number of aromatic nitrogens is 2. The van der Waals surface area contributed by atoms with E-state index in [9.17, 15) is 13.2 Å². The Hall–Kier alpha value is -5.58. The summed E-state index contributed by atoms with van der Waals surface area (Å²) >= 11 is 0. The van der Waals surface area contributed by atoms with Gasteiger partial charge < -0.3 is 19.7 Å². The van der Waals surface area contributed by atoms with Gasteiger partial charge in [-0.15, -0.1) is 0 Å². The van der Waals surface area contributed by atoms with Gasteiger partial charge in [-0.05, 0) is 67.1 Å². The summed E-state index contributed by atoms with van der Waals surface area (Å²) in [6, 6.07) is 27.6. The number of aryl methyl sites for hydroxylation is 1. The number of anilines is 2. The number of fused-ring (bicyclic) bond motifs is 4. The minimum atomic E-state index is -4.50. The third-order valence-electron chi connectivity index (χ3n) is 7.82. The SMILES string of the molecule is COc1ccc([C@H]2c3c(C)nn(-c4ccccc4)c3N=C3C(Nc4cccc(C(F)(F)F)c4)=Nc4ccccc4N32)cc1OC. The van der Waals surface area contributed by atoms with Crippen LogP contribution >= 0.6 is 0 Å². The van der Waals surface area contributed by atoms with E-state index in [-0.39, 0.29) is 5.69 Å². The number of ether oxygens (including phenoxy) is 2. The maximum absolute atomic E-state index is 13.6. The molecule has 0 fully saturated rings. The van der Waals surface area contributed by atoms with Crippen molar-refractivity contribution < 1.29 is 22.6 Å². The second-order valence-electron chi connectivity index (χ2n) is 10.5. The Bertz CT molecular complexity index is 1980. The first kappa shape index (κ1) is 28.2. The number of para-hydroxylation sites is 3. The molecular weight excluding hydrogens is 581 g/mol. The van der Waals surface area contributed by atoms with Gasteiger partial charge >= 0.3 is 6.18 Å². The maximum atomic E-state index is 13.6. The normalized spacial score (nSPS) is 15.3.